The van der Waals surface area contributed by atoms with Gasteiger partial charge in [-0.05, 0) is 23.6 Å². The second-order valence-corrected chi connectivity index (χ2v) is 7.42. The van der Waals surface area contributed by atoms with E-state index in [9.17, 15) is 19.8 Å². The van der Waals surface area contributed by atoms with Gasteiger partial charge in [-0.1, -0.05) is 5.92 Å². The molecule has 34 heavy (non-hydrogen) atoms. The van der Waals surface area contributed by atoms with Gasteiger partial charge >= 0.3 is 11.9 Å². The lowest BCUT2D eigenvalue weighted by atomic mass is 9.92. The monoisotopic (exact) mass is 493 g/mol. The first-order chi connectivity index (χ1) is 16.1. The minimum Gasteiger partial charge on any atom is -0.479 e. The van der Waals surface area contributed by atoms with Gasteiger partial charge in [-0.25, -0.2) is 14.6 Å². The van der Waals surface area contributed by atoms with Crippen LogP contribution in [0.25, 0.3) is 11.2 Å². The van der Waals surface area contributed by atoms with Crippen LogP contribution in [0.15, 0.2) is 18.6 Å². The van der Waals surface area contributed by atoms with Crippen molar-refractivity contribution >= 4 is 40.5 Å². The number of anilines is 1. The summed E-state index contributed by atoms with van der Waals surface area (Å²) in [6.45, 7) is -0.757. The number of halogens is 1. The van der Waals surface area contributed by atoms with E-state index in [0.29, 0.717) is 0 Å². The number of ether oxygens (including phenoxy) is 2. The molecule has 0 bridgehead atoms. The molecule has 3 aromatic rings. The van der Waals surface area contributed by atoms with E-state index in [1.807, 2.05) is 0 Å². The number of nitrogen functional groups attached to an aromatic ring is 1. The average molecular weight is 494 g/mol. The third-order valence-electron chi connectivity index (χ3n) is 4.97. The smallest absolute Gasteiger partial charge is 0.344 e. The highest BCUT2D eigenvalue weighted by molar-refractivity contribution is 6.28. The van der Waals surface area contributed by atoms with Crippen molar-refractivity contribution in [3.63, 3.8) is 0 Å². The lowest BCUT2D eigenvalue weighted by Crippen LogP contribution is -2.49. The Balaban J connectivity index is 1.72. The van der Waals surface area contributed by atoms with E-state index >= 15 is 0 Å². The van der Waals surface area contributed by atoms with Crippen LogP contribution in [0.2, 0.25) is 5.28 Å². The number of aromatic nitrogens is 6. The molecule has 7 N–H and O–H groups in total. The van der Waals surface area contributed by atoms with E-state index < -0.39 is 48.7 Å². The second kappa shape index (κ2) is 8.85. The molecule has 0 aromatic carbocycles. The summed E-state index contributed by atoms with van der Waals surface area (Å²) >= 11 is 5.87. The van der Waals surface area contributed by atoms with Gasteiger partial charge in [0.1, 0.15) is 23.4 Å². The van der Waals surface area contributed by atoms with Crippen LogP contribution in [-0.4, -0.2) is 92.6 Å². The van der Waals surface area contributed by atoms with Crippen LogP contribution < -0.4 is 5.73 Å². The molecule has 1 aliphatic rings. The number of carboxylic acids is 2. The Kier molecular flexibility index (Phi) is 6.08. The van der Waals surface area contributed by atoms with Gasteiger partial charge in [0.25, 0.3) is 6.10 Å². The number of hydrogen-bond acceptors (Lipinski definition) is 11. The summed E-state index contributed by atoms with van der Waals surface area (Å²) in [6.07, 6.45) is -4.21. The Morgan fingerprint density at radius 2 is 2.12 bits per heavy atom. The Bertz CT molecular complexity index is 1290. The van der Waals surface area contributed by atoms with Crippen molar-refractivity contribution in [1.82, 2.24) is 29.7 Å². The fraction of sp³-hybridized carbons (Fsp3) is 0.333. The average Bonchev–Trinajstić information content (AvgIpc) is 3.48. The lowest BCUT2D eigenvalue weighted by molar-refractivity contribution is -0.171. The molecule has 1 saturated heterocycles. The first-order valence-electron chi connectivity index (χ1n) is 9.43. The molecule has 178 valence electrons. The van der Waals surface area contributed by atoms with Crippen LogP contribution in [0.1, 0.15) is 11.9 Å². The number of aliphatic carboxylic acids is 2. The number of hydrogen-bond donors (Lipinski definition) is 6. The number of aliphatic hydroxyl groups is 2. The van der Waals surface area contributed by atoms with Crippen molar-refractivity contribution in [3.05, 3.63) is 29.6 Å². The summed E-state index contributed by atoms with van der Waals surface area (Å²) in [5.74, 6) is 1.44. The maximum atomic E-state index is 11.3. The SMILES string of the molecule is Nc1nc(Cl)nc2c1ncn2[C@@H]1O[C@H](COC(C(=O)O)C(=O)O)[C@](O)(C#Cc2cc[nH]n2)[C@H]1O. The number of H-pyrrole nitrogens is 1. The van der Waals surface area contributed by atoms with Crippen molar-refractivity contribution in [2.24, 2.45) is 0 Å². The molecule has 0 unspecified atom stereocenters. The van der Waals surface area contributed by atoms with Gasteiger partial charge in [0.05, 0.1) is 12.9 Å². The van der Waals surface area contributed by atoms with E-state index in [4.69, 9.17) is 37.0 Å². The largest absolute Gasteiger partial charge is 0.479 e. The van der Waals surface area contributed by atoms with Gasteiger partial charge in [0.2, 0.25) is 5.28 Å². The number of fused-ring (bicyclic) bond motifs is 1. The van der Waals surface area contributed by atoms with E-state index in [0.717, 1.165) is 0 Å². The molecule has 0 radical (unpaired) electrons. The molecule has 16 heteroatoms. The van der Waals surface area contributed by atoms with E-state index in [2.05, 4.69) is 37.0 Å². The number of imidazole rings is 1. The van der Waals surface area contributed by atoms with Crippen LogP contribution >= 0.6 is 11.6 Å². The fourth-order valence-corrected chi connectivity index (χ4v) is 3.49. The molecular formula is C18H16ClN7O8. The van der Waals surface area contributed by atoms with Crippen LogP contribution in [0.3, 0.4) is 0 Å². The normalized spacial score (nSPS) is 24.3. The Morgan fingerprint density at radius 3 is 2.76 bits per heavy atom. The Hall–Kier alpha value is -3.81. The number of aliphatic hydroxyl groups excluding tert-OH is 1. The van der Waals surface area contributed by atoms with Crippen molar-refractivity contribution in [1.29, 1.82) is 0 Å². The molecule has 0 aliphatic carbocycles. The molecule has 4 atom stereocenters. The molecule has 15 nitrogen and oxygen atoms in total. The maximum Gasteiger partial charge on any atom is 0.344 e. The van der Waals surface area contributed by atoms with Crippen LogP contribution in [0.4, 0.5) is 5.82 Å². The van der Waals surface area contributed by atoms with Gasteiger partial charge in [-0.2, -0.15) is 15.1 Å². The zero-order valence-corrected chi connectivity index (χ0v) is 17.6. The number of carbonyl (C=O) groups is 2. The summed E-state index contributed by atoms with van der Waals surface area (Å²) in [6, 6.07) is 1.50. The summed E-state index contributed by atoms with van der Waals surface area (Å²) in [7, 11) is 0. The number of aromatic amines is 1. The second-order valence-electron chi connectivity index (χ2n) is 7.09. The third-order valence-corrected chi connectivity index (χ3v) is 5.13. The van der Waals surface area contributed by atoms with Crippen LogP contribution in [0, 0.1) is 11.8 Å². The maximum absolute atomic E-state index is 11.3. The summed E-state index contributed by atoms with van der Waals surface area (Å²) in [5.41, 5.74) is 3.87. The first-order valence-corrected chi connectivity index (χ1v) is 9.81. The van der Waals surface area contributed by atoms with Gasteiger partial charge < -0.3 is 35.6 Å². The van der Waals surface area contributed by atoms with Gasteiger partial charge in [-0.3, -0.25) is 9.67 Å². The summed E-state index contributed by atoms with van der Waals surface area (Å²) < 4.78 is 11.9. The highest BCUT2D eigenvalue weighted by atomic mass is 35.5. The topological polar surface area (TPSA) is 232 Å². The van der Waals surface area contributed by atoms with E-state index in [-0.39, 0.29) is 28.0 Å². The van der Waals surface area contributed by atoms with E-state index in [1.54, 1.807) is 0 Å². The van der Waals surface area contributed by atoms with Crippen molar-refractivity contribution in [2.45, 2.75) is 30.1 Å². The number of rotatable bonds is 6. The quantitative estimate of drug-likeness (QED) is 0.129. The zero-order valence-electron chi connectivity index (χ0n) is 16.9. The number of nitrogens with two attached hydrogens (primary N) is 1. The first kappa shape index (κ1) is 23.4. The van der Waals surface area contributed by atoms with Crippen molar-refractivity contribution in [3.8, 4) is 11.8 Å². The summed E-state index contributed by atoms with van der Waals surface area (Å²) in [5, 5.41) is 46.5. The van der Waals surface area contributed by atoms with Gasteiger partial charge in [-0.15, -0.1) is 0 Å². The lowest BCUT2D eigenvalue weighted by Gasteiger charge is -2.25. The molecule has 4 rings (SSSR count). The standard InChI is InChI=1S/C18H16ClN7O8/c19-17-23-12(20)9-13(24-17)26(6-21-9)14-11(27)18(32,3-1-7-2-4-22-25-7)8(34-14)5-33-10(15(28)29)16(30)31/h2,4,6,8,10-11,14,27,32H,5H2,(H,22,25)(H,28,29)(H,30,31)(H2,20,23,24)/t8-,11+,14-,18-/m1/s1. The van der Waals surface area contributed by atoms with Crippen LogP contribution in [-0.2, 0) is 19.1 Å². The molecule has 0 saturated carbocycles. The molecule has 1 fully saturated rings. The minimum absolute atomic E-state index is 0.0412. The number of carboxylic acid groups (broad SMARTS) is 2. The molecule has 0 amide bonds. The Labute approximate surface area is 194 Å². The van der Waals surface area contributed by atoms with E-state index in [1.165, 1.54) is 23.2 Å². The third kappa shape index (κ3) is 4.11. The Morgan fingerprint density at radius 1 is 1.38 bits per heavy atom. The van der Waals surface area contributed by atoms with Gasteiger partial charge in [0.15, 0.2) is 23.3 Å². The van der Waals surface area contributed by atoms with Gasteiger partial charge in [0, 0.05) is 6.20 Å². The van der Waals surface area contributed by atoms with Crippen molar-refractivity contribution < 1.29 is 39.5 Å². The number of nitrogens with one attached hydrogen (secondary N) is 1. The highest BCUT2D eigenvalue weighted by Crippen LogP contribution is 2.39. The van der Waals surface area contributed by atoms with Crippen LogP contribution in [0.5, 0.6) is 0 Å². The zero-order chi connectivity index (χ0) is 24.6. The minimum atomic E-state index is -2.36. The molecule has 4 heterocycles. The predicted molar refractivity (Wildman–Crippen MR) is 110 cm³/mol. The fourth-order valence-electron chi connectivity index (χ4n) is 3.32. The van der Waals surface area contributed by atoms with Crippen molar-refractivity contribution in [2.75, 3.05) is 12.3 Å². The molecule has 3 aromatic heterocycles. The predicted octanol–water partition coefficient (Wildman–Crippen LogP) is -1.62. The molecule has 0 spiro atoms. The molecule has 1 aliphatic heterocycles. The molecular weight excluding hydrogens is 478 g/mol. The highest BCUT2D eigenvalue weighted by Gasteiger charge is 2.56. The summed E-state index contributed by atoms with van der Waals surface area (Å²) in [4.78, 5) is 34.2. The number of nitrogens with zero attached hydrogens (tertiary/aromatic N) is 5.